The molecule has 28 heavy (non-hydrogen) atoms. The minimum Gasteiger partial charge on any atom is -0.493 e. The summed E-state index contributed by atoms with van der Waals surface area (Å²) >= 11 is 0. The summed E-state index contributed by atoms with van der Waals surface area (Å²) < 4.78 is 15.9. The molecule has 0 unspecified atom stereocenters. The van der Waals surface area contributed by atoms with E-state index < -0.39 is 11.9 Å². The number of carbonyl (C=O) groups excluding carboxylic acids is 2. The van der Waals surface area contributed by atoms with Gasteiger partial charge in [-0.1, -0.05) is 48.5 Å². The minimum absolute atomic E-state index is 0.267. The van der Waals surface area contributed by atoms with Crippen molar-refractivity contribution in [3.8, 4) is 11.5 Å². The summed E-state index contributed by atoms with van der Waals surface area (Å²) in [6, 6.07) is 20.2. The van der Waals surface area contributed by atoms with Crippen molar-refractivity contribution in [2.24, 2.45) is 0 Å². The molecule has 0 radical (unpaired) electrons. The summed E-state index contributed by atoms with van der Waals surface area (Å²) in [5, 5.41) is 4.38. The Labute approximate surface area is 163 Å². The van der Waals surface area contributed by atoms with Gasteiger partial charge in [0.05, 0.1) is 19.2 Å². The summed E-state index contributed by atoms with van der Waals surface area (Å²) in [5.41, 5.74) is 0.436. The summed E-state index contributed by atoms with van der Waals surface area (Å²) in [7, 11) is 1.56. The third kappa shape index (κ3) is 4.79. The van der Waals surface area contributed by atoms with Crippen molar-refractivity contribution in [1.82, 2.24) is 5.32 Å². The van der Waals surface area contributed by atoms with Crippen LogP contribution in [0.3, 0.4) is 0 Å². The molecule has 144 valence electrons. The maximum absolute atomic E-state index is 12.3. The van der Waals surface area contributed by atoms with E-state index in [2.05, 4.69) is 5.32 Å². The highest BCUT2D eigenvalue weighted by Crippen LogP contribution is 2.25. The zero-order chi connectivity index (χ0) is 19.8. The first-order chi connectivity index (χ1) is 13.7. The number of rotatable bonds is 8. The van der Waals surface area contributed by atoms with Crippen LogP contribution in [-0.4, -0.2) is 38.7 Å². The predicted molar refractivity (Wildman–Crippen MR) is 106 cm³/mol. The van der Waals surface area contributed by atoms with Crippen molar-refractivity contribution in [1.29, 1.82) is 0 Å². The third-order valence-corrected chi connectivity index (χ3v) is 4.09. The van der Waals surface area contributed by atoms with Crippen LogP contribution in [0, 0.1) is 0 Å². The largest absolute Gasteiger partial charge is 0.493 e. The number of hydrogen-bond acceptors (Lipinski definition) is 5. The molecule has 0 aliphatic rings. The van der Waals surface area contributed by atoms with E-state index in [0.29, 0.717) is 17.1 Å². The zero-order valence-corrected chi connectivity index (χ0v) is 15.5. The number of hydrogen-bond donors (Lipinski definition) is 1. The van der Waals surface area contributed by atoms with Crippen molar-refractivity contribution >= 4 is 22.6 Å². The molecule has 3 aromatic carbocycles. The lowest BCUT2D eigenvalue weighted by Crippen LogP contribution is -2.32. The van der Waals surface area contributed by atoms with Crippen LogP contribution in [0.1, 0.15) is 10.4 Å². The number of nitrogens with one attached hydrogen (secondary N) is 1. The molecule has 6 nitrogen and oxygen atoms in total. The van der Waals surface area contributed by atoms with Gasteiger partial charge in [-0.05, 0) is 29.0 Å². The van der Waals surface area contributed by atoms with E-state index in [4.69, 9.17) is 14.2 Å². The quantitative estimate of drug-likeness (QED) is 0.481. The molecule has 0 aliphatic heterocycles. The minimum atomic E-state index is -0.530. The number of para-hydroxylation sites is 2. The molecule has 0 fully saturated rings. The Bertz CT molecular complexity index is 965. The summed E-state index contributed by atoms with van der Waals surface area (Å²) in [6.07, 6.45) is 0. The monoisotopic (exact) mass is 379 g/mol. The van der Waals surface area contributed by atoms with Gasteiger partial charge in [0.2, 0.25) is 0 Å². The van der Waals surface area contributed by atoms with Gasteiger partial charge in [-0.25, -0.2) is 4.79 Å². The zero-order valence-electron chi connectivity index (χ0n) is 15.5. The van der Waals surface area contributed by atoms with Crippen LogP contribution < -0.4 is 14.8 Å². The van der Waals surface area contributed by atoms with E-state index in [-0.39, 0.29) is 19.8 Å². The Morgan fingerprint density at radius 3 is 2.43 bits per heavy atom. The second-order valence-corrected chi connectivity index (χ2v) is 5.95. The maximum atomic E-state index is 12.3. The molecular formula is C22H21NO5. The maximum Gasteiger partial charge on any atom is 0.339 e. The average Bonchev–Trinajstić information content (AvgIpc) is 2.75. The lowest BCUT2D eigenvalue weighted by Gasteiger charge is -2.11. The molecular weight excluding hydrogens is 358 g/mol. The van der Waals surface area contributed by atoms with Crippen LogP contribution in [0.4, 0.5) is 0 Å². The molecule has 1 amide bonds. The van der Waals surface area contributed by atoms with E-state index in [0.717, 1.165) is 10.8 Å². The number of esters is 1. The van der Waals surface area contributed by atoms with Crippen molar-refractivity contribution < 1.29 is 23.8 Å². The SMILES string of the molecule is COc1ccccc1OCCNC(=O)COC(=O)c1cccc2ccccc12. The van der Waals surface area contributed by atoms with Crippen LogP contribution >= 0.6 is 0 Å². The highest BCUT2D eigenvalue weighted by atomic mass is 16.5. The standard InChI is InChI=1S/C22H21NO5/c1-26-19-11-4-5-12-20(19)27-14-13-23-21(24)15-28-22(25)18-10-6-8-16-7-2-3-9-17(16)18/h2-12H,13-15H2,1H3,(H,23,24). The number of fused-ring (bicyclic) bond motifs is 1. The Hall–Kier alpha value is -3.54. The van der Waals surface area contributed by atoms with Crippen molar-refractivity contribution in [2.45, 2.75) is 0 Å². The van der Waals surface area contributed by atoms with Gasteiger partial charge < -0.3 is 19.5 Å². The van der Waals surface area contributed by atoms with E-state index >= 15 is 0 Å². The second-order valence-electron chi connectivity index (χ2n) is 5.95. The Morgan fingerprint density at radius 2 is 1.61 bits per heavy atom. The number of ether oxygens (including phenoxy) is 3. The van der Waals surface area contributed by atoms with Gasteiger partial charge in [0.25, 0.3) is 5.91 Å². The van der Waals surface area contributed by atoms with E-state index in [9.17, 15) is 9.59 Å². The third-order valence-electron chi connectivity index (χ3n) is 4.09. The van der Waals surface area contributed by atoms with Crippen LogP contribution in [0.15, 0.2) is 66.7 Å². The Morgan fingerprint density at radius 1 is 0.893 bits per heavy atom. The fraction of sp³-hybridized carbons (Fsp3) is 0.182. The molecule has 0 heterocycles. The Balaban J connectivity index is 1.44. The first kappa shape index (κ1) is 19.2. The van der Waals surface area contributed by atoms with Gasteiger partial charge in [0.1, 0.15) is 6.61 Å². The van der Waals surface area contributed by atoms with Gasteiger partial charge in [-0.3, -0.25) is 4.79 Å². The first-order valence-corrected chi connectivity index (χ1v) is 8.86. The van der Waals surface area contributed by atoms with E-state index in [1.807, 2.05) is 42.5 Å². The highest BCUT2D eigenvalue weighted by molar-refractivity contribution is 6.04. The van der Waals surface area contributed by atoms with Crippen LogP contribution in [0.25, 0.3) is 10.8 Å². The Kier molecular flexibility index (Phi) is 6.46. The molecule has 0 spiro atoms. The number of amides is 1. The number of carbonyl (C=O) groups is 2. The number of methoxy groups -OCH3 is 1. The van der Waals surface area contributed by atoms with Crippen molar-refractivity contribution in [3.05, 3.63) is 72.3 Å². The van der Waals surface area contributed by atoms with Crippen LogP contribution in [0.5, 0.6) is 11.5 Å². The smallest absolute Gasteiger partial charge is 0.339 e. The van der Waals surface area contributed by atoms with Gasteiger partial charge in [0, 0.05) is 0 Å². The molecule has 0 aliphatic carbocycles. The van der Waals surface area contributed by atoms with Crippen LogP contribution in [-0.2, 0) is 9.53 Å². The number of benzene rings is 3. The molecule has 0 aromatic heterocycles. The van der Waals surface area contributed by atoms with Gasteiger partial charge >= 0.3 is 5.97 Å². The molecule has 0 bridgehead atoms. The molecule has 6 heteroatoms. The topological polar surface area (TPSA) is 73.9 Å². The highest BCUT2D eigenvalue weighted by Gasteiger charge is 2.13. The van der Waals surface area contributed by atoms with Crippen molar-refractivity contribution in [3.63, 3.8) is 0 Å². The molecule has 3 aromatic rings. The van der Waals surface area contributed by atoms with Gasteiger partial charge in [0.15, 0.2) is 18.1 Å². The molecule has 1 N–H and O–H groups in total. The van der Waals surface area contributed by atoms with E-state index in [1.54, 1.807) is 31.4 Å². The van der Waals surface area contributed by atoms with Crippen LogP contribution in [0.2, 0.25) is 0 Å². The first-order valence-electron chi connectivity index (χ1n) is 8.86. The lowest BCUT2D eigenvalue weighted by molar-refractivity contribution is -0.124. The summed E-state index contributed by atoms with van der Waals surface area (Å²) in [6.45, 7) is 0.197. The summed E-state index contributed by atoms with van der Waals surface area (Å²) in [4.78, 5) is 24.2. The molecule has 3 rings (SSSR count). The van der Waals surface area contributed by atoms with Gasteiger partial charge in [-0.15, -0.1) is 0 Å². The van der Waals surface area contributed by atoms with Gasteiger partial charge in [-0.2, -0.15) is 0 Å². The molecule has 0 saturated carbocycles. The fourth-order valence-electron chi connectivity index (χ4n) is 2.75. The predicted octanol–water partition coefficient (Wildman–Crippen LogP) is 3.20. The lowest BCUT2D eigenvalue weighted by atomic mass is 10.1. The molecule has 0 saturated heterocycles. The van der Waals surface area contributed by atoms with E-state index in [1.165, 1.54) is 0 Å². The van der Waals surface area contributed by atoms with Crippen molar-refractivity contribution in [2.75, 3.05) is 26.9 Å². The second kappa shape index (κ2) is 9.41. The fourth-order valence-corrected chi connectivity index (χ4v) is 2.75. The molecule has 0 atom stereocenters. The normalized spacial score (nSPS) is 10.3. The summed E-state index contributed by atoms with van der Waals surface area (Å²) in [5.74, 6) is 0.300. The average molecular weight is 379 g/mol.